The number of nitrogens with one attached hydrogen (secondary N) is 1. The molecule has 116 valence electrons. The van der Waals surface area contributed by atoms with E-state index >= 15 is 0 Å². The van der Waals surface area contributed by atoms with Crippen LogP contribution in [0.2, 0.25) is 0 Å². The molecule has 1 saturated heterocycles. The number of rotatable bonds is 3. The SMILES string of the molecule is CCC1CC(Cc2cc3ccccc3cc2C)C(C)C2NC12. The number of hydrogen-bond donors (Lipinski definition) is 1. The maximum absolute atomic E-state index is 3.74. The summed E-state index contributed by atoms with van der Waals surface area (Å²) in [7, 11) is 0. The molecule has 1 heteroatoms. The minimum atomic E-state index is 0.796. The van der Waals surface area contributed by atoms with E-state index < -0.39 is 0 Å². The van der Waals surface area contributed by atoms with E-state index in [4.69, 9.17) is 0 Å². The topological polar surface area (TPSA) is 21.9 Å². The van der Waals surface area contributed by atoms with Crippen LogP contribution < -0.4 is 5.32 Å². The summed E-state index contributed by atoms with van der Waals surface area (Å²) in [5.41, 5.74) is 3.02. The van der Waals surface area contributed by atoms with Crippen LogP contribution in [-0.2, 0) is 6.42 Å². The fourth-order valence-corrected chi connectivity index (χ4v) is 4.71. The van der Waals surface area contributed by atoms with Crippen molar-refractivity contribution in [1.29, 1.82) is 0 Å². The summed E-state index contributed by atoms with van der Waals surface area (Å²) in [6.45, 7) is 7.10. The number of hydrogen-bond acceptors (Lipinski definition) is 1. The van der Waals surface area contributed by atoms with Crippen molar-refractivity contribution in [1.82, 2.24) is 5.32 Å². The largest absolute Gasteiger partial charge is 0.308 e. The highest BCUT2D eigenvalue weighted by atomic mass is 15.2. The number of fused-ring (bicyclic) bond motifs is 2. The van der Waals surface area contributed by atoms with Crippen LogP contribution in [0, 0.1) is 24.7 Å². The Bertz CT molecular complexity index is 689. The third kappa shape index (κ3) is 2.36. The molecule has 2 fully saturated rings. The van der Waals surface area contributed by atoms with Gasteiger partial charge in [-0.3, -0.25) is 0 Å². The summed E-state index contributed by atoms with van der Waals surface area (Å²) >= 11 is 0. The zero-order valence-electron chi connectivity index (χ0n) is 14.0. The van der Waals surface area contributed by atoms with Gasteiger partial charge in [-0.1, -0.05) is 56.7 Å². The second-order valence-corrected chi connectivity index (χ2v) is 7.57. The molecule has 0 bridgehead atoms. The maximum atomic E-state index is 3.74. The highest BCUT2D eigenvalue weighted by Crippen LogP contribution is 2.44. The quantitative estimate of drug-likeness (QED) is 0.813. The molecule has 5 unspecified atom stereocenters. The van der Waals surface area contributed by atoms with Gasteiger partial charge in [0.1, 0.15) is 0 Å². The molecule has 2 aliphatic rings. The lowest BCUT2D eigenvalue weighted by atomic mass is 9.71. The van der Waals surface area contributed by atoms with Gasteiger partial charge in [0.2, 0.25) is 0 Å². The first-order valence-electron chi connectivity index (χ1n) is 8.91. The zero-order valence-corrected chi connectivity index (χ0v) is 14.0. The van der Waals surface area contributed by atoms with Gasteiger partial charge in [0, 0.05) is 12.1 Å². The van der Waals surface area contributed by atoms with E-state index in [9.17, 15) is 0 Å². The van der Waals surface area contributed by atoms with E-state index in [0.29, 0.717) is 0 Å². The number of benzene rings is 2. The normalized spacial score (nSPS) is 33.7. The average Bonchev–Trinajstić information content (AvgIpc) is 3.31. The van der Waals surface area contributed by atoms with Crippen molar-refractivity contribution in [2.75, 3.05) is 0 Å². The molecule has 1 aliphatic carbocycles. The van der Waals surface area contributed by atoms with Crippen molar-refractivity contribution >= 4 is 10.8 Å². The summed E-state index contributed by atoms with van der Waals surface area (Å²) in [5, 5.41) is 6.50. The highest BCUT2D eigenvalue weighted by molar-refractivity contribution is 5.84. The molecule has 5 atom stereocenters. The molecule has 2 aromatic carbocycles. The Balaban J connectivity index is 1.61. The Morgan fingerprint density at radius 1 is 1.05 bits per heavy atom. The van der Waals surface area contributed by atoms with Gasteiger partial charge in [-0.15, -0.1) is 0 Å². The van der Waals surface area contributed by atoms with E-state index in [-0.39, 0.29) is 0 Å². The molecule has 1 N–H and O–H groups in total. The van der Waals surface area contributed by atoms with Gasteiger partial charge in [-0.05, 0) is 59.4 Å². The third-order valence-corrected chi connectivity index (χ3v) is 6.30. The Morgan fingerprint density at radius 3 is 2.50 bits per heavy atom. The van der Waals surface area contributed by atoms with Crippen molar-refractivity contribution in [2.45, 2.75) is 52.1 Å². The molecule has 1 heterocycles. The fraction of sp³-hybridized carbons (Fsp3) is 0.524. The van der Waals surface area contributed by atoms with E-state index in [2.05, 4.69) is 62.5 Å². The van der Waals surface area contributed by atoms with Gasteiger partial charge in [-0.2, -0.15) is 0 Å². The molecule has 0 aromatic heterocycles. The van der Waals surface area contributed by atoms with Crippen LogP contribution in [0.5, 0.6) is 0 Å². The summed E-state index contributed by atoms with van der Waals surface area (Å²) in [4.78, 5) is 0. The lowest BCUT2D eigenvalue weighted by Gasteiger charge is -2.32. The molecule has 1 nitrogen and oxygen atoms in total. The summed E-state index contributed by atoms with van der Waals surface area (Å²) in [6.07, 6.45) is 3.98. The first-order chi connectivity index (χ1) is 10.7. The van der Waals surface area contributed by atoms with Crippen molar-refractivity contribution in [2.24, 2.45) is 17.8 Å². The van der Waals surface area contributed by atoms with Crippen molar-refractivity contribution in [3.63, 3.8) is 0 Å². The van der Waals surface area contributed by atoms with Crippen molar-refractivity contribution in [3.05, 3.63) is 47.5 Å². The summed E-state index contributed by atoms with van der Waals surface area (Å²) in [6, 6.07) is 15.2. The van der Waals surface area contributed by atoms with E-state index in [1.807, 2.05) is 0 Å². The minimum Gasteiger partial charge on any atom is -0.308 e. The van der Waals surface area contributed by atoms with Gasteiger partial charge in [0.05, 0.1) is 0 Å². The van der Waals surface area contributed by atoms with Gasteiger partial charge in [0.15, 0.2) is 0 Å². The predicted molar refractivity (Wildman–Crippen MR) is 94.2 cm³/mol. The van der Waals surface area contributed by atoms with E-state index in [1.54, 1.807) is 5.56 Å². The number of aryl methyl sites for hydroxylation is 1. The highest BCUT2D eigenvalue weighted by Gasteiger charge is 2.51. The molecule has 0 amide bonds. The first kappa shape index (κ1) is 14.3. The van der Waals surface area contributed by atoms with Crippen LogP contribution in [0.4, 0.5) is 0 Å². The second kappa shape index (κ2) is 5.38. The third-order valence-electron chi connectivity index (χ3n) is 6.30. The molecule has 2 aromatic rings. The zero-order chi connectivity index (χ0) is 15.3. The molecule has 22 heavy (non-hydrogen) atoms. The van der Waals surface area contributed by atoms with Crippen LogP contribution >= 0.6 is 0 Å². The molecule has 0 spiro atoms. The van der Waals surface area contributed by atoms with Crippen LogP contribution in [0.15, 0.2) is 36.4 Å². The van der Waals surface area contributed by atoms with E-state index in [1.165, 1.54) is 35.6 Å². The molecular formula is C21H27N. The molecule has 1 saturated carbocycles. The maximum Gasteiger partial charge on any atom is 0.0255 e. The molecule has 1 aliphatic heterocycles. The van der Waals surface area contributed by atoms with E-state index in [0.717, 1.165) is 29.8 Å². The summed E-state index contributed by atoms with van der Waals surface area (Å²) in [5.74, 6) is 2.55. The first-order valence-corrected chi connectivity index (χ1v) is 8.91. The minimum absolute atomic E-state index is 0.796. The fourth-order valence-electron chi connectivity index (χ4n) is 4.71. The van der Waals surface area contributed by atoms with Crippen LogP contribution in [0.3, 0.4) is 0 Å². The standard InChI is InChI=1S/C21H27N/c1-4-15-10-19(14(3)20-21(15)22-20)12-18-11-17-8-6-5-7-16(17)9-13(18)2/h5-9,11,14-15,19-22H,4,10,12H2,1-3H3. The van der Waals surface area contributed by atoms with Crippen LogP contribution in [0.1, 0.15) is 37.8 Å². The second-order valence-electron chi connectivity index (χ2n) is 7.57. The van der Waals surface area contributed by atoms with Gasteiger partial charge >= 0.3 is 0 Å². The van der Waals surface area contributed by atoms with Crippen molar-refractivity contribution in [3.8, 4) is 0 Å². The lowest BCUT2D eigenvalue weighted by Crippen LogP contribution is -2.31. The van der Waals surface area contributed by atoms with Crippen LogP contribution in [-0.4, -0.2) is 12.1 Å². The molecular weight excluding hydrogens is 266 g/mol. The van der Waals surface area contributed by atoms with Crippen LogP contribution in [0.25, 0.3) is 10.8 Å². The van der Waals surface area contributed by atoms with Gasteiger partial charge in [0.25, 0.3) is 0 Å². The Hall–Kier alpha value is -1.34. The monoisotopic (exact) mass is 293 g/mol. The summed E-state index contributed by atoms with van der Waals surface area (Å²) < 4.78 is 0. The van der Waals surface area contributed by atoms with Gasteiger partial charge < -0.3 is 5.32 Å². The Morgan fingerprint density at radius 2 is 1.77 bits per heavy atom. The van der Waals surface area contributed by atoms with Gasteiger partial charge in [-0.25, -0.2) is 0 Å². The smallest absolute Gasteiger partial charge is 0.0255 e. The Kier molecular flexibility index (Phi) is 3.49. The molecule has 4 rings (SSSR count). The lowest BCUT2D eigenvalue weighted by molar-refractivity contribution is 0.226. The average molecular weight is 293 g/mol. The van der Waals surface area contributed by atoms with Crippen molar-refractivity contribution < 1.29 is 0 Å². The predicted octanol–water partition coefficient (Wildman–Crippen LogP) is 4.71. The molecule has 0 radical (unpaired) electrons. The Labute approximate surface area is 134 Å².